The van der Waals surface area contributed by atoms with Gasteiger partial charge in [0.25, 0.3) is 0 Å². The highest BCUT2D eigenvalue weighted by Crippen LogP contribution is 2.30. The van der Waals surface area contributed by atoms with Crippen molar-refractivity contribution in [3.05, 3.63) is 28.2 Å². The average molecular weight is 351 g/mol. The minimum Gasteiger partial charge on any atom is -0.370 e. The summed E-state index contributed by atoms with van der Waals surface area (Å²) in [4.78, 5) is 14.2. The number of carbonyl (C=O) groups is 1. The summed E-state index contributed by atoms with van der Waals surface area (Å²) in [6, 6.07) is 7.94. The second kappa shape index (κ2) is 7.43. The van der Waals surface area contributed by atoms with E-state index in [-0.39, 0.29) is 11.8 Å². The lowest BCUT2D eigenvalue weighted by Gasteiger charge is -2.34. The number of nitrogens with two attached hydrogens (primary N) is 1. The van der Waals surface area contributed by atoms with Gasteiger partial charge in [0, 0.05) is 30.7 Å². The number of piperidine rings is 1. The van der Waals surface area contributed by atoms with E-state index in [0.717, 1.165) is 29.5 Å². The topological polar surface area (TPSA) is 82.2 Å². The lowest BCUT2D eigenvalue weighted by Crippen LogP contribution is -2.44. The SMILES string of the molecule is N#Cc1c(Br)cccc1N1CCCC(C(=O)NCCN)C1. The molecule has 1 saturated heterocycles. The molecule has 112 valence electrons. The Balaban J connectivity index is 2.13. The lowest BCUT2D eigenvalue weighted by molar-refractivity contribution is -0.125. The van der Waals surface area contributed by atoms with Crippen LogP contribution in [0, 0.1) is 17.2 Å². The first-order valence-electron chi connectivity index (χ1n) is 7.08. The number of anilines is 1. The third-order valence-electron chi connectivity index (χ3n) is 3.68. The number of hydrogen-bond acceptors (Lipinski definition) is 4. The van der Waals surface area contributed by atoms with Crippen molar-refractivity contribution >= 4 is 27.5 Å². The van der Waals surface area contributed by atoms with Gasteiger partial charge in [-0.05, 0) is 40.9 Å². The zero-order valence-electron chi connectivity index (χ0n) is 11.8. The number of nitrogens with one attached hydrogen (secondary N) is 1. The van der Waals surface area contributed by atoms with Crippen LogP contribution in [-0.4, -0.2) is 32.1 Å². The van der Waals surface area contributed by atoms with Crippen LogP contribution >= 0.6 is 15.9 Å². The van der Waals surface area contributed by atoms with Crippen molar-refractivity contribution in [2.24, 2.45) is 11.7 Å². The number of hydrogen-bond donors (Lipinski definition) is 2. The second-order valence-corrected chi connectivity index (χ2v) is 5.96. The number of nitrogens with zero attached hydrogens (tertiary/aromatic N) is 2. The molecule has 1 amide bonds. The van der Waals surface area contributed by atoms with E-state index in [0.29, 0.717) is 25.2 Å². The molecule has 1 aliphatic heterocycles. The van der Waals surface area contributed by atoms with Gasteiger partial charge in [-0.3, -0.25) is 4.79 Å². The van der Waals surface area contributed by atoms with Crippen LogP contribution in [0.2, 0.25) is 0 Å². The van der Waals surface area contributed by atoms with Crippen molar-refractivity contribution in [2.45, 2.75) is 12.8 Å². The summed E-state index contributed by atoms with van der Waals surface area (Å²) in [5, 5.41) is 12.2. The van der Waals surface area contributed by atoms with Gasteiger partial charge in [0.05, 0.1) is 17.2 Å². The van der Waals surface area contributed by atoms with Crippen LogP contribution in [0.4, 0.5) is 5.69 Å². The van der Waals surface area contributed by atoms with Gasteiger partial charge in [-0.15, -0.1) is 0 Å². The highest BCUT2D eigenvalue weighted by Gasteiger charge is 2.27. The Hall–Kier alpha value is -1.58. The first-order chi connectivity index (χ1) is 10.2. The van der Waals surface area contributed by atoms with Gasteiger partial charge in [-0.1, -0.05) is 6.07 Å². The van der Waals surface area contributed by atoms with E-state index in [9.17, 15) is 10.1 Å². The number of nitriles is 1. The summed E-state index contributed by atoms with van der Waals surface area (Å²) >= 11 is 3.41. The van der Waals surface area contributed by atoms with E-state index in [4.69, 9.17) is 5.73 Å². The monoisotopic (exact) mass is 350 g/mol. The van der Waals surface area contributed by atoms with Gasteiger partial charge >= 0.3 is 0 Å². The maximum atomic E-state index is 12.1. The standard InChI is InChI=1S/C15H19BrN4O/c16-13-4-1-5-14(12(13)9-18)20-8-2-3-11(10-20)15(21)19-7-6-17/h1,4-5,11H,2-3,6-8,10,17H2,(H,19,21). The Kier molecular flexibility index (Phi) is 5.59. The Morgan fingerprint density at radius 3 is 3.10 bits per heavy atom. The first kappa shape index (κ1) is 15.8. The molecule has 0 saturated carbocycles. The third-order valence-corrected chi connectivity index (χ3v) is 4.34. The number of carbonyl (C=O) groups excluding carboxylic acids is 1. The molecule has 5 nitrogen and oxygen atoms in total. The van der Waals surface area contributed by atoms with Gasteiger partial charge < -0.3 is 16.0 Å². The van der Waals surface area contributed by atoms with Crippen molar-refractivity contribution in [1.82, 2.24) is 5.32 Å². The van der Waals surface area contributed by atoms with Crippen molar-refractivity contribution in [1.29, 1.82) is 5.26 Å². The van der Waals surface area contributed by atoms with Crippen molar-refractivity contribution in [3.8, 4) is 6.07 Å². The fraction of sp³-hybridized carbons (Fsp3) is 0.467. The second-order valence-electron chi connectivity index (χ2n) is 5.11. The number of rotatable bonds is 4. The first-order valence-corrected chi connectivity index (χ1v) is 7.88. The molecule has 1 atom stereocenters. The van der Waals surface area contributed by atoms with Gasteiger partial charge in [-0.25, -0.2) is 0 Å². The molecule has 0 radical (unpaired) electrons. The third kappa shape index (κ3) is 3.74. The number of halogens is 1. The molecule has 0 aromatic heterocycles. The largest absolute Gasteiger partial charge is 0.370 e. The van der Waals surface area contributed by atoms with E-state index in [1.807, 2.05) is 18.2 Å². The summed E-state index contributed by atoms with van der Waals surface area (Å²) in [7, 11) is 0. The molecule has 1 aromatic carbocycles. The smallest absolute Gasteiger partial charge is 0.224 e. The molecule has 6 heteroatoms. The van der Waals surface area contributed by atoms with Crippen LogP contribution in [0.3, 0.4) is 0 Å². The molecule has 0 spiro atoms. The van der Waals surface area contributed by atoms with Crippen LogP contribution in [-0.2, 0) is 4.79 Å². The Labute approximate surface area is 133 Å². The quantitative estimate of drug-likeness (QED) is 0.864. The van der Waals surface area contributed by atoms with Crippen molar-refractivity contribution in [2.75, 3.05) is 31.1 Å². The minimum atomic E-state index is -0.0455. The highest BCUT2D eigenvalue weighted by atomic mass is 79.9. The molecule has 1 aromatic rings. The summed E-state index contributed by atoms with van der Waals surface area (Å²) < 4.78 is 0.789. The van der Waals surface area contributed by atoms with Gasteiger partial charge in [-0.2, -0.15) is 5.26 Å². The molecule has 0 aliphatic carbocycles. The predicted molar refractivity (Wildman–Crippen MR) is 85.9 cm³/mol. The molecule has 0 bridgehead atoms. The summed E-state index contributed by atoms with van der Waals surface area (Å²) in [5.41, 5.74) is 6.93. The number of benzene rings is 1. The highest BCUT2D eigenvalue weighted by molar-refractivity contribution is 9.10. The predicted octanol–water partition coefficient (Wildman–Crippen LogP) is 1.61. The summed E-state index contributed by atoms with van der Waals surface area (Å²) in [6.45, 7) is 2.47. The van der Waals surface area contributed by atoms with E-state index >= 15 is 0 Å². The van der Waals surface area contributed by atoms with E-state index < -0.39 is 0 Å². The van der Waals surface area contributed by atoms with Crippen LogP contribution in [0.25, 0.3) is 0 Å². The fourth-order valence-electron chi connectivity index (χ4n) is 2.64. The van der Waals surface area contributed by atoms with E-state index in [1.165, 1.54) is 0 Å². The van der Waals surface area contributed by atoms with E-state index in [1.54, 1.807) is 0 Å². The molecule has 1 aliphatic rings. The normalized spacial score (nSPS) is 18.1. The number of amides is 1. The zero-order chi connectivity index (χ0) is 15.2. The van der Waals surface area contributed by atoms with Crippen LogP contribution in [0.1, 0.15) is 18.4 Å². The van der Waals surface area contributed by atoms with Crippen LogP contribution in [0.5, 0.6) is 0 Å². The molecule has 1 fully saturated rings. The minimum absolute atomic E-state index is 0.0455. The maximum Gasteiger partial charge on any atom is 0.224 e. The van der Waals surface area contributed by atoms with Gasteiger partial charge in [0.2, 0.25) is 5.91 Å². The molecular formula is C15H19BrN4O. The van der Waals surface area contributed by atoms with Crippen molar-refractivity contribution in [3.63, 3.8) is 0 Å². The van der Waals surface area contributed by atoms with Gasteiger partial charge in [0.1, 0.15) is 6.07 Å². The summed E-state index contributed by atoms with van der Waals surface area (Å²) in [5.74, 6) is 0.00878. The lowest BCUT2D eigenvalue weighted by atomic mass is 9.96. The zero-order valence-corrected chi connectivity index (χ0v) is 13.4. The molecule has 3 N–H and O–H groups in total. The van der Waals surface area contributed by atoms with Gasteiger partial charge in [0.15, 0.2) is 0 Å². The molecule has 2 rings (SSSR count). The fourth-order valence-corrected chi connectivity index (χ4v) is 3.08. The Morgan fingerprint density at radius 1 is 1.57 bits per heavy atom. The van der Waals surface area contributed by atoms with Crippen LogP contribution in [0.15, 0.2) is 22.7 Å². The molecule has 21 heavy (non-hydrogen) atoms. The maximum absolute atomic E-state index is 12.1. The Morgan fingerprint density at radius 2 is 2.38 bits per heavy atom. The Bertz CT molecular complexity index is 555. The molecule has 1 unspecified atom stereocenters. The van der Waals surface area contributed by atoms with Crippen molar-refractivity contribution < 1.29 is 4.79 Å². The van der Waals surface area contributed by atoms with Crippen LogP contribution < -0.4 is 16.0 Å². The molecular weight excluding hydrogens is 332 g/mol. The molecule has 1 heterocycles. The van der Waals surface area contributed by atoms with E-state index in [2.05, 4.69) is 32.2 Å². The summed E-state index contributed by atoms with van der Waals surface area (Å²) in [6.07, 6.45) is 1.82. The average Bonchev–Trinajstić information content (AvgIpc) is 2.52.